The quantitative estimate of drug-likeness (QED) is 0.832. The van der Waals surface area contributed by atoms with Gasteiger partial charge in [-0.2, -0.15) is 0 Å². The summed E-state index contributed by atoms with van der Waals surface area (Å²) in [4.78, 5) is 24.0. The van der Waals surface area contributed by atoms with Crippen molar-refractivity contribution in [2.24, 2.45) is 0 Å². The fourth-order valence-electron chi connectivity index (χ4n) is 1.97. The number of carboxylic acid groups (broad SMARTS) is 1. The summed E-state index contributed by atoms with van der Waals surface area (Å²) in [5.74, 6) is -1.30. The van der Waals surface area contributed by atoms with E-state index in [9.17, 15) is 14.0 Å². The predicted molar refractivity (Wildman–Crippen MR) is 70.9 cm³/mol. The number of carboxylic acids is 1. The van der Waals surface area contributed by atoms with Crippen molar-refractivity contribution in [3.63, 3.8) is 0 Å². The van der Waals surface area contributed by atoms with E-state index in [1.165, 1.54) is 17.0 Å². The Kier molecular flexibility index (Phi) is 4.55. The van der Waals surface area contributed by atoms with Crippen LogP contribution in [0.15, 0.2) is 24.3 Å². The van der Waals surface area contributed by atoms with Crippen molar-refractivity contribution in [2.45, 2.75) is 25.3 Å². The summed E-state index contributed by atoms with van der Waals surface area (Å²) in [6.45, 7) is 0.125. The molecule has 2 rings (SSSR count). The van der Waals surface area contributed by atoms with Gasteiger partial charge in [0.05, 0.1) is 0 Å². The number of benzene rings is 1. The van der Waals surface area contributed by atoms with E-state index in [1.807, 2.05) is 0 Å². The number of carbonyl (C=O) groups excluding carboxylic acids is 1. The van der Waals surface area contributed by atoms with E-state index < -0.39 is 5.97 Å². The van der Waals surface area contributed by atoms with Crippen LogP contribution in [0.1, 0.15) is 18.4 Å². The molecule has 1 aliphatic rings. The molecule has 6 heteroatoms. The highest BCUT2D eigenvalue weighted by atomic mass is 19.1. The Morgan fingerprint density at radius 2 is 1.95 bits per heavy atom. The van der Waals surface area contributed by atoms with Gasteiger partial charge in [0.25, 0.3) is 0 Å². The summed E-state index contributed by atoms with van der Waals surface area (Å²) in [5, 5.41) is 11.5. The van der Waals surface area contributed by atoms with Gasteiger partial charge in [0, 0.05) is 12.6 Å². The van der Waals surface area contributed by atoms with E-state index in [1.54, 1.807) is 12.1 Å². The molecule has 20 heavy (non-hydrogen) atoms. The molecule has 0 heterocycles. The standard InChI is InChI=1S/C14H17FN2O3/c15-11-3-1-10(2-4-11)7-8-16-14(20)17(9-13(18)19)12-5-6-12/h1-4,12H,5-9H2,(H,16,20)(H,18,19). The van der Waals surface area contributed by atoms with Crippen molar-refractivity contribution in [1.29, 1.82) is 0 Å². The fraction of sp³-hybridized carbons (Fsp3) is 0.429. The van der Waals surface area contributed by atoms with Gasteiger partial charge >= 0.3 is 12.0 Å². The van der Waals surface area contributed by atoms with Gasteiger partial charge in [0.2, 0.25) is 0 Å². The minimum atomic E-state index is -1.01. The van der Waals surface area contributed by atoms with E-state index >= 15 is 0 Å². The molecule has 0 aliphatic heterocycles. The SMILES string of the molecule is O=C(O)CN(C(=O)NCCc1ccc(F)cc1)C1CC1. The first-order chi connectivity index (χ1) is 9.56. The third kappa shape index (κ3) is 4.22. The monoisotopic (exact) mass is 280 g/mol. The van der Waals surface area contributed by atoms with Crippen LogP contribution < -0.4 is 5.32 Å². The maximum absolute atomic E-state index is 12.7. The molecule has 0 bridgehead atoms. The second-order valence-corrected chi connectivity index (χ2v) is 4.86. The molecule has 2 N–H and O–H groups in total. The average molecular weight is 280 g/mol. The minimum absolute atomic E-state index is 0.0527. The van der Waals surface area contributed by atoms with Crippen molar-refractivity contribution >= 4 is 12.0 Å². The molecular weight excluding hydrogens is 263 g/mol. The van der Waals surface area contributed by atoms with Crippen LogP contribution in [0.3, 0.4) is 0 Å². The second-order valence-electron chi connectivity index (χ2n) is 4.86. The zero-order valence-electron chi connectivity index (χ0n) is 11.0. The van der Waals surface area contributed by atoms with Crippen molar-refractivity contribution < 1.29 is 19.1 Å². The number of urea groups is 1. The van der Waals surface area contributed by atoms with Gasteiger partial charge in [0.1, 0.15) is 12.4 Å². The summed E-state index contributed by atoms with van der Waals surface area (Å²) < 4.78 is 12.7. The topological polar surface area (TPSA) is 69.6 Å². The fourth-order valence-corrected chi connectivity index (χ4v) is 1.97. The van der Waals surface area contributed by atoms with Gasteiger partial charge in [-0.25, -0.2) is 9.18 Å². The molecule has 2 amide bonds. The van der Waals surface area contributed by atoms with Gasteiger partial charge in [0.15, 0.2) is 0 Å². The van der Waals surface area contributed by atoms with Crippen LogP contribution in [0.4, 0.5) is 9.18 Å². The Morgan fingerprint density at radius 1 is 1.30 bits per heavy atom. The molecule has 1 aromatic carbocycles. The van der Waals surface area contributed by atoms with Gasteiger partial charge < -0.3 is 15.3 Å². The van der Waals surface area contributed by atoms with Crippen LogP contribution in [0.2, 0.25) is 0 Å². The van der Waals surface area contributed by atoms with E-state index in [2.05, 4.69) is 5.32 Å². The zero-order valence-corrected chi connectivity index (χ0v) is 11.0. The Hall–Kier alpha value is -2.11. The molecule has 0 spiro atoms. The first-order valence-electron chi connectivity index (χ1n) is 6.57. The molecule has 108 valence electrons. The number of aliphatic carboxylic acids is 1. The van der Waals surface area contributed by atoms with Gasteiger partial charge in [-0.05, 0) is 37.0 Å². The number of hydrogen-bond acceptors (Lipinski definition) is 2. The summed E-state index contributed by atoms with van der Waals surface area (Å²) in [7, 11) is 0. The van der Waals surface area contributed by atoms with E-state index in [4.69, 9.17) is 5.11 Å². The average Bonchev–Trinajstić information content (AvgIpc) is 3.22. The maximum atomic E-state index is 12.7. The first-order valence-corrected chi connectivity index (χ1v) is 6.57. The summed E-state index contributed by atoms with van der Waals surface area (Å²) >= 11 is 0. The van der Waals surface area contributed by atoms with Crippen molar-refractivity contribution in [1.82, 2.24) is 10.2 Å². The predicted octanol–water partition coefficient (Wildman–Crippen LogP) is 1.63. The maximum Gasteiger partial charge on any atom is 0.323 e. The third-order valence-electron chi connectivity index (χ3n) is 3.16. The summed E-state index contributed by atoms with van der Waals surface area (Å²) in [6, 6.07) is 5.78. The van der Waals surface area contributed by atoms with Crippen molar-refractivity contribution in [2.75, 3.05) is 13.1 Å². The Labute approximate surface area is 116 Å². The molecule has 0 unspecified atom stereocenters. The van der Waals surface area contributed by atoms with Crippen molar-refractivity contribution in [3.05, 3.63) is 35.6 Å². The van der Waals surface area contributed by atoms with E-state index in [-0.39, 0.29) is 24.4 Å². The van der Waals surface area contributed by atoms with Crippen LogP contribution in [-0.2, 0) is 11.2 Å². The number of hydrogen-bond donors (Lipinski definition) is 2. The second kappa shape index (κ2) is 6.36. The summed E-state index contributed by atoms with van der Waals surface area (Å²) in [6.07, 6.45) is 2.30. The first kappa shape index (κ1) is 14.3. The molecule has 1 aliphatic carbocycles. The molecule has 0 aromatic heterocycles. The normalized spacial score (nSPS) is 13.8. The number of carbonyl (C=O) groups is 2. The van der Waals surface area contributed by atoms with Gasteiger partial charge in [-0.15, -0.1) is 0 Å². The molecule has 1 saturated carbocycles. The van der Waals surface area contributed by atoms with Crippen LogP contribution in [0.5, 0.6) is 0 Å². The number of nitrogens with one attached hydrogen (secondary N) is 1. The van der Waals surface area contributed by atoms with Crippen LogP contribution >= 0.6 is 0 Å². The summed E-state index contributed by atoms with van der Waals surface area (Å²) in [5.41, 5.74) is 0.919. The Morgan fingerprint density at radius 3 is 2.50 bits per heavy atom. The van der Waals surface area contributed by atoms with Crippen LogP contribution in [0, 0.1) is 5.82 Å². The smallest absolute Gasteiger partial charge is 0.323 e. The molecule has 0 radical (unpaired) electrons. The molecule has 1 fully saturated rings. The highest BCUT2D eigenvalue weighted by Gasteiger charge is 2.33. The number of nitrogens with zero attached hydrogens (tertiary/aromatic N) is 1. The lowest BCUT2D eigenvalue weighted by molar-refractivity contribution is -0.137. The van der Waals surface area contributed by atoms with Gasteiger partial charge in [-0.1, -0.05) is 12.1 Å². The van der Waals surface area contributed by atoms with Crippen molar-refractivity contribution in [3.8, 4) is 0 Å². The largest absolute Gasteiger partial charge is 0.480 e. The number of amides is 2. The minimum Gasteiger partial charge on any atom is -0.480 e. The number of halogens is 1. The Balaban J connectivity index is 1.78. The van der Waals surface area contributed by atoms with E-state index in [0.29, 0.717) is 13.0 Å². The Bertz CT molecular complexity index is 486. The van der Waals surface area contributed by atoms with E-state index in [0.717, 1.165) is 18.4 Å². The third-order valence-corrected chi connectivity index (χ3v) is 3.16. The highest BCUT2D eigenvalue weighted by molar-refractivity contribution is 5.80. The van der Waals surface area contributed by atoms with Crippen LogP contribution in [0.25, 0.3) is 0 Å². The number of rotatable bonds is 6. The lowest BCUT2D eigenvalue weighted by Crippen LogP contribution is -2.44. The van der Waals surface area contributed by atoms with Gasteiger partial charge in [-0.3, -0.25) is 4.79 Å². The lowest BCUT2D eigenvalue weighted by Gasteiger charge is -2.20. The molecule has 0 saturated heterocycles. The lowest BCUT2D eigenvalue weighted by atomic mass is 10.1. The molecular formula is C14H17FN2O3. The zero-order chi connectivity index (χ0) is 14.5. The molecule has 5 nitrogen and oxygen atoms in total. The van der Waals surface area contributed by atoms with Crippen LogP contribution in [-0.4, -0.2) is 41.1 Å². The highest BCUT2D eigenvalue weighted by Crippen LogP contribution is 2.26. The molecule has 0 atom stereocenters. The molecule has 1 aromatic rings.